The summed E-state index contributed by atoms with van der Waals surface area (Å²) in [4.78, 5) is 25.1. The van der Waals surface area contributed by atoms with Crippen molar-refractivity contribution < 1.29 is 14.3 Å². The van der Waals surface area contributed by atoms with Crippen molar-refractivity contribution in [3.63, 3.8) is 0 Å². The summed E-state index contributed by atoms with van der Waals surface area (Å²) in [5.41, 5.74) is 1.24. The first-order valence-electron chi connectivity index (χ1n) is 7.61. The first-order chi connectivity index (χ1) is 11.0. The predicted octanol–water partition coefficient (Wildman–Crippen LogP) is 3.35. The Hall–Kier alpha value is -2.14. The molecule has 23 heavy (non-hydrogen) atoms. The Morgan fingerprint density at radius 3 is 2.57 bits per heavy atom. The summed E-state index contributed by atoms with van der Waals surface area (Å²) >= 11 is 1.36. The van der Waals surface area contributed by atoms with Gasteiger partial charge in [-0.05, 0) is 44.4 Å². The van der Waals surface area contributed by atoms with Gasteiger partial charge in [0.05, 0.1) is 0 Å². The predicted molar refractivity (Wildman–Crippen MR) is 91.7 cm³/mol. The second-order valence-electron chi connectivity index (χ2n) is 5.48. The van der Waals surface area contributed by atoms with E-state index in [2.05, 4.69) is 17.4 Å². The summed E-state index contributed by atoms with van der Waals surface area (Å²) in [7, 11) is 0. The number of benzene rings is 1. The first-order valence-corrected chi connectivity index (χ1v) is 8.43. The Morgan fingerprint density at radius 1 is 1.17 bits per heavy atom. The Kier molecular flexibility index (Phi) is 6.35. The fourth-order valence-corrected chi connectivity index (χ4v) is 2.92. The van der Waals surface area contributed by atoms with Gasteiger partial charge in [0, 0.05) is 10.9 Å². The van der Waals surface area contributed by atoms with Gasteiger partial charge in [0.2, 0.25) is 0 Å². The number of amides is 1. The van der Waals surface area contributed by atoms with E-state index in [9.17, 15) is 9.59 Å². The van der Waals surface area contributed by atoms with Crippen LogP contribution < -0.4 is 5.32 Å². The number of esters is 1. The zero-order valence-corrected chi connectivity index (χ0v) is 14.2. The van der Waals surface area contributed by atoms with Gasteiger partial charge in [-0.2, -0.15) is 0 Å². The van der Waals surface area contributed by atoms with E-state index in [0.29, 0.717) is 4.88 Å². The average molecular weight is 331 g/mol. The van der Waals surface area contributed by atoms with Crippen LogP contribution in [0, 0.1) is 6.92 Å². The van der Waals surface area contributed by atoms with Gasteiger partial charge in [0.25, 0.3) is 5.91 Å². The third-order valence-corrected chi connectivity index (χ3v) is 4.37. The molecule has 1 heterocycles. The monoisotopic (exact) mass is 331 g/mol. The molecule has 1 atom stereocenters. The summed E-state index contributed by atoms with van der Waals surface area (Å²) in [6.07, 6.45) is 1.74. The number of nitrogens with one attached hydrogen (secondary N) is 1. The van der Waals surface area contributed by atoms with Gasteiger partial charge >= 0.3 is 5.97 Å². The molecule has 1 unspecified atom stereocenters. The first kappa shape index (κ1) is 17.2. The van der Waals surface area contributed by atoms with Crippen LogP contribution in [0.1, 0.15) is 33.5 Å². The molecule has 0 saturated carbocycles. The molecule has 4 nitrogen and oxygen atoms in total. The Labute approximate surface area is 140 Å². The van der Waals surface area contributed by atoms with Gasteiger partial charge in [-0.3, -0.25) is 4.79 Å². The number of carbonyl (C=O) groups excluding carboxylic acids is 2. The molecule has 0 aliphatic heterocycles. The van der Waals surface area contributed by atoms with E-state index >= 15 is 0 Å². The van der Waals surface area contributed by atoms with Crippen LogP contribution in [0.3, 0.4) is 0 Å². The van der Waals surface area contributed by atoms with Crippen molar-refractivity contribution in [2.75, 3.05) is 6.61 Å². The van der Waals surface area contributed by atoms with Crippen molar-refractivity contribution in [1.82, 2.24) is 5.32 Å². The van der Waals surface area contributed by atoms with Crippen LogP contribution in [0.25, 0.3) is 0 Å². The van der Waals surface area contributed by atoms with Gasteiger partial charge < -0.3 is 10.1 Å². The highest BCUT2D eigenvalue weighted by Gasteiger charge is 2.13. The molecule has 5 heteroatoms. The minimum absolute atomic E-state index is 0.0328. The Balaban J connectivity index is 1.68. The highest BCUT2D eigenvalue weighted by molar-refractivity contribution is 7.13. The molecule has 1 amide bonds. The number of rotatable bonds is 7. The molecule has 0 aliphatic rings. The molecule has 1 aromatic heterocycles. The highest BCUT2D eigenvalue weighted by Crippen LogP contribution is 2.15. The molecule has 0 aliphatic carbocycles. The van der Waals surface area contributed by atoms with Crippen LogP contribution >= 0.6 is 11.3 Å². The molecule has 0 saturated heterocycles. The lowest BCUT2D eigenvalue weighted by Crippen LogP contribution is -2.36. The number of thiophene rings is 1. The highest BCUT2D eigenvalue weighted by atomic mass is 32.1. The van der Waals surface area contributed by atoms with Crippen LogP contribution in [0.15, 0.2) is 42.5 Å². The van der Waals surface area contributed by atoms with Gasteiger partial charge in [-0.25, -0.2) is 4.79 Å². The third-order valence-electron chi connectivity index (χ3n) is 3.39. The summed E-state index contributed by atoms with van der Waals surface area (Å²) in [6.45, 7) is 3.62. The molecule has 2 rings (SSSR count). The van der Waals surface area contributed by atoms with Crippen molar-refractivity contribution in [2.24, 2.45) is 0 Å². The van der Waals surface area contributed by atoms with Crippen molar-refractivity contribution in [1.29, 1.82) is 0 Å². The van der Waals surface area contributed by atoms with Gasteiger partial charge in [-0.1, -0.05) is 30.3 Å². The largest absolute Gasteiger partial charge is 0.451 e. The van der Waals surface area contributed by atoms with Crippen molar-refractivity contribution in [3.8, 4) is 0 Å². The molecule has 1 N–H and O–H groups in total. The fraction of sp³-hybridized carbons (Fsp3) is 0.333. The van der Waals surface area contributed by atoms with Crippen molar-refractivity contribution in [3.05, 3.63) is 57.8 Å². The average Bonchev–Trinajstić information content (AvgIpc) is 2.98. The molecular formula is C18H21NO3S. The van der Waals surface area contributed by atoms with Gasteiger partial charge in [0.15, 0.2) is 6.61 Å². The molecule has 122 valence electrons. The molecule has 1 aromatic carbocycles. The summed E-state index contributed by atoms with van der Waals surface area (Å²) in [5.74, 6) is -0.720. The number of ether oxygens (including phenoxy) is 1. The van der Waals surface area contributed by atoms with E-state index in [1.807, 2.05) is 38.1 Å². The van der Waals surface area contributed by atoms with Crippen LogP contribution in [0.4, 0.5) is 0 Å². The smallest absolute Gasteiger partial charge is 0.348 e. The third kappa shape index (κ3) is 5.87. The maximum absolute atomic E-state index is 11.8. The maximum Gasteiger partial charge on any atom is 0.348 e. The fourth-order valence-electron chi connectivity index (χ4n) is 2.16. The molecule has 0 radical (unpaired) electrons. The Bertz CT molecular complexity index is 651. The zero-order valence-electron chi connectivity index (χ0n) is 13.4. The van der Waals surface area contributed by atoms with Crippen molar-refractivity contribution in [2.45, 2.75) is 32.7 Å². The van der Waals surface area contributed by atoms with E-state index in [-0.39, 0.29) is 18.6 Å². The SMILES string of the molecule is Cc1ccc(C(=O)OCC(=O)NC(C)CCc2ccccc2)s1. The van der Waals surface area contributed by atoms with Crippen LogP contribution in [-0.2, 0) is 16.0 Å². The van der Waals surface area contributed by atoms with Crippen LogP contribution in [0.2, 0.25) is 0 Å². The van der Waals surface area contributed by atoms with E-state index in [1.165, 1.54) is 16.9 Å². The number of aryl methyl sites for hydroxylation is 2. The standard InChI is InChI=1S/C18H21NO3S/c1-13(8-10-15-6-4-3-5-7-15)19-17(20)12-22-18(21)16-11-9-14(2)23-16/h3-7,9,11,13H,8,10,12H2,1-2H3,(H,19,20). The quantitative estimate of drug-likeness (QED) is 0.792. The van der Waals surface area contributed by atoms with Crippen LogP contribution in [0.5, 0.6) is 0 Å². The molecular weight excluding hydrogens is 310 g/mol. The van der Waals surface area contributed by atoms with E-state index < -0.39 is 5.97 Å². The normalized spacial score (nSPS) is 11.7. The summed E-state index contributed by atoms with van der Waals surface area (Å²) in [6, 6.07) is 13.7. The summed E-state index contributed by atoms with van der Waals surface area (Å²) < 4.78 is 5.03. The van der Waals surface area contributed by atoms with Gasteiger partial charge in [-0.15, -0.1) is 11.3 Å². The lowest BCUT2D eigenvalue weighted by Gasteiger charge is -2.13. The maximum atomic E-state index is 11.8. The van der Waals surface area contributed by atoms with Gasteiger partial charge in [0.1, 0.15) is 4.88 Å². The minimum atomic E-state index is -0.449. The minimum Gasteiger partial charge on any atom is -0.451 e. The van der Waals surface area contributed by atoms with Crippen molar-refractivity contribution >= 4 is 23.2 Å². The topological polar surface area (TPSA) is 55.4 Å². The number of hydrogen-bond donors (Lipinski definition) is 1. The molecule has 2 aromatic rings. The van der Waals surface area contributed by atoms with E-state index in [1.54, 1.807) is 6.07 Å². The van der Waals surface area contributed by atoms with E-state index in [4.69, 9.17) is 4.74 Å². The lowest BCUT2D eigenvalue weighted by atomic mass is 10.1. The van der Waals surface area contributed by atoms with Crippen LogP contribution in [-0.4, -0.2) is 24.5 Å². The second-order valence-corrected chi connectivity index (χ2v) is 6.77. The second kappa shape index (κ2) is 8.48. The summed E-state index contributed by atoms with van der Waals surface area (Å²) in [5, 5.41) is 2.85. The molecule has 0 bridgehead atoms. The number of carbonyl (C=O) groups is 2. The number of hydrogen-bond acceptors (Lipinski definition) is 4. The Morgan fingerprint density at radius 2 is 1.91 bits per heavy atom. The van der Waals surface area contributed by atoms with E-state index in [0.717, 1.165) is 17.7 Å². The lowest BCUT2D eigenvalue weighted by molar-refractivity contribution is -0.124. The molecule has 0 fully saturated rings. The molecule has 0 spiro atoms. The zero-order chi connectivity index (χ0) is 16.7.